The number of carbonyl (C=O) groups excluding carboxylic acids is 1. The number of rotatable bonds is 8. The summed E-state index contributed by atoms with van der Waals surface area (Å²) >= 11 is 12.1. The highest BCUT2D eigenvalue weighted by Gasteiger charge is 2.32. The molecule has 0 fully saturated rings. The van der Waals surface area contributed by atoms with Gasteiger partial charge in [0.25, 0.3) is 5.91 Å². The Morgan fingerprint density at radius 1 is 1.00 bits per heavy atom. The maximum atomic E-state index is 13.2. The number of alkyl halides is 3. The summed E-state index contributed by atoms with van der Waals surface area (Å²) in [7, 11) is -4.54. The molecule has 0 bridgehead atoms. The van der Waals surface area contributed by atoms with Crippen molar-refractivity contribution in [1.82, 2.24) is 4.90 Å². The van der Waals surface area contributed by atoms with Crippen LogP contribution in [0, 0.1) is 5.92 Å². The highest BCUT2D eigenvalue weighted by atomic mass is 35.5. The molecule has 0 saturated heterocycles. The Kier molecular flexibility index (Phi) is 8.59. The molecule has 0 aliphatic carbocycles. The van der Waals surface area contributed by atoms with Gasteiger partial charge >= 0.3 is 16.3 Å². The van der Waals surface area contributed by atoms with Crippen LogP contribution in [0.25, 0.3) is 0 Å². The second-order valence-electron chi connectivity index (χ2n) is 8.41. The predicted molar refractivity (Wildman–Crippen MR) is 132 cm³/mol. The minimum atomic E-state index is -4.70. The topological polar surface area (TPSA) is 63.7 Å². The lowest BCUT2D eigenvalue weighted by molar-refractivity contribution is -0.137. The molecule has 5 nitrogen and oxygen atoms in total. The van der Waals surface area contributed by atoms with Crippen molar-refractivity contribution in [3.8, 4) is 5.75 Å². The largest absolute Gasteiger partial charge is 0.416 e. The van der Waals surface area contributed by atoms with E-state index >= 15 is 0 Å². The fourth-order valence-electron chi connectivity index (χ4n) is 3.41. The maximum Gasteiger partial charge on any atom is 0.416 e. The minimum absolute atomic E-state index is 0.105. The third kappa shape index (κ3) is 7.15. The number of halogens is 5. The third-order valence-corrected chi connectivity index (χ3v) is 6.75. The molecule has 3 rings (SSSR count). The van der Waals surface area contributed by atoms with Crippen molar-refractivity contribution < 1.29 is 30.6 Å². The second-order valence-corrected chi connectivity index (χ2v) is 10.8. The molecule has 0 N–H and O–H groups in total. The van der Waals surface area contributed by atoms with Crippen LogP contribution in [0.4, 0.5) is 13.2 Å². The summed E-state index contributed by atoms with van der Waals surface area (Å²) in [5.41, 5.74) is -0.295. The maximum absolute atomic E-state index is 13.2. The third-order valence-electron chi connectivity index (χ3n) is 4.96. The normalized spacial score (nSPS) is 12.0. The number of benzene rings is 3. The molecule has 0 atom stereocenters. The molecule has 0 spiro atoms. The average Bonchev–Trinajstić information content (AvgIpc) is 2.77. The summed E-state index contributed by atoms with van der Waals surface area (Å²) in [5.74, 6) is -0.333. The number of carbonyl (C=O) groups is 1. The monoisotopic (exact) mass is 559 g/mol. The van der Waals surface area contributed by atoms with E-state index in [-0.39, 0.29) is 34.7 Å². The fraction of sp³-hybridized carbons (Fsp3) is 0.240. The molecule has 36 heavy (non-hydrogen) atoms. The van der Waals surface area contributed by atoms with Crippen molar-refractivity contribution in [2.45, 2.75) is 31.5 Å². The van der Waals surface area contributed by atoms with Gasteiger partial charge in [0.15, 0.2) is 0 Å². The molecule has 192 valence electrons. The highest BCUT2D eigenvalue weighted by molar-refractivity contribution is 7.87. The standard InChI is InChI=1S/C25H22Cl2F3NO4S/c1-16(2)14-31(24(32)22-10-9-19(26)13-23(22)27)15-17-5-3-7-20(11-17)35-36(33,34)21-8-4-6-18(12-21)25(28,29)30/h3-13,16H,14-15H2,1-2H3. The van der Waals surface area contributed by atoms with Crippen molar-refractivity contribution in [3.05, 3.63) is 93.5 Å². The molecule has 0 aliphatic heterocycles. The first-order valence-corrected chi connectivity index (χ1v) is 12.9. The van der Waals surface area contributed by atoms with Crippen LogP contribution >= 0.6 is 23.2 Å². The van der Waals surface area contributed by atoms with E-state index in [0.29, 0.717) is 23.2 Å². The molecule has 0 radical (unpaired) electrons. The smallest absolute Gasteiger partial charge is 0.379 e. The van der Waals surface area contributed by atoms with Crippen molar-refractivity contribution in [2.24, 2.45) is 5.92 Å². The van der Waals surface area contributed by atoms with Gasteiger partial charge in [0.2, 0.25) is 0 Å². The quantitative estimate of drug-likeness (QED) is 0.276. The second kappa shape index (κ2) is 11.1. The van der Waals surface area contributed by atoms with Gasteiger partial charge in [-0.05, 0) is 60.0 Å². The summed E-state index contributed by atoms with van der Waals surface area (Å²) in [6, 6.07) is 13.8. The Hall–Kier alpha value is -2.75. The van der Waals surface area contributed by atoms with Gasteiger partial charge in [0, 0.05) is 18.1 Å². The Morgan fingerprint density at radius 3 is 2.33 bits per heavy atom. The van der Waals surface area contributed by atoms with Gasteiger partial charge in [-0.25, -0.2) is 0 Å². The minimum Gasteiger partial charge on any atom is -0.379 e. The lowest BCUT2D eigenvalue weighted by Crippen LogP contribution is -2.34. The lowest BCUT2D eigenvalue weighted by Gasteiger charge is -2.25. The zero-order chi connectivity index (χ0) is 26.7. The van der Waals surface area contributed by atoms with Gasteiger partial charge in [-0.2, -0.15) is 21.6 Å². The van der Waals surface area contributed by atoms with Gasteiger partial charge in [0.05, 0.1) is 16.1 Å². The van der Waals surface area contributed by atoms with Gasteiger partial charge < -0.3 is 9.08 Å². The number of hydrogen-bond donors (Lipinski definition) is 0. The molecule has 0 saturated carbocycles. The molecule has 11 heteroatoms. The molecule has 3 aromatic carbocycles. The van der Waals surface area contributed by atoms with Crippen LogP contribution in [0.5, 0.6) is 5.75 Å². The zero-order valence-electron chi connectivity index (χ0n) is 19.2. The predicted octanol–water partition coefficient (Wildman–Crippen LogP) is 7.08. The molecule has 0 aliphatic rings. The summed E-state index contributed by atoms with van der Waals surface area (Å²) in [6.07, 6.45) is -4.70. The highest BCUT2D eigenvalue weighted by Crippen LogP contribution is 2.31. The van der Waals surface area contributed by atoms with Crippen LogP contribution in [0.2, 0.25) is 10.0 Å². The van der Waals surface area contributed by atoms with Crippen LogP contribution in [0.1, 0.15) is 35.3 Å². The molecule has 3 aromatic rings. The summed E-state index contributed by atoms with van der Waals surface area (Å²) < 4.78 is 69.4. The lowest BCUT2D eigenvalue weighted by atomic mass is 10.1. The van der Waals surface area contributed by atoms with Crippen LogP contribution in [0.3, 0.4) is 0 Å². The van der Waals surface area contributed by atoms with Gasteiger partial charge in [-0.3, -0.25) is 4.79 Å². The van der Waals surface area contributed by atoms with Crippen LogP contribution in [0.15, 0.2) is 71.6 Å². The summed E-state index contributed by atoms with van der Waals surface area (Å²) in [4.78, 5) is 14.1. The number of nitrogens with zero attached hydrogens (tertiary/aromatic N) is 1. The van der Waals surface area contributed by atoms with Crippen molar-refractivity contribution in [1.29, 1.82) is 0 Å². The van der Waals surface area contributed by atoms with Gasteiger partial charge in [-0.15, -0.1) is 0 Å². The van der Waals surface area contributed by atoms with Crippen molar-refractivity contribution >= 4 is 39.2 Å². The van der Waals surface area contributed by atoms with E-state index in [0.717, 1.165) is 18.2 Å². The Bertz CT molecular complexity index is 1360. The van der Waals surface area contributed by atoms with E-state index in [9.17, 15) is 26.4 Å². The molecule has 0 unspecified atom stereocenters. The van der Waals surface area contributed by atoms with Crippen LogP contribution in [-0.2, 0) is 22.8 Å². The summed E-state index contributed by atoms with van der Waals surface area (Å²) in [5, 5.41) is 0.587. The van der Waals surface area contributed by atoms with E-state index in [1.807, 2.05) is 13.8 Å². The molecule has 1 amide bonds. The van der Waals surface area contributed by atoms with E-state index in [2.05, 4.69) is 0 Å². The Morgan fingerprint density at radius 2 is 1.69 bits per heavy atom. The molecular weight excluding hydrogens is 538 g/mol. The van der Waals surface area contributed by atoms with Crippen molar-refractivity contribution in [3.63, 3.8) is 0 Å². The van der Waals surface area contributed by atoms with E-state index in [4.69, 9.17) is 27.4 Å². The Balaban J connectivity index is 1.85. The molecule has 0 heterocycles. The van der Waals surface area contributed by atoms with Crippen molar-refractivity contribution in [2.75, 3.05) is 6.54 Å². The van der Waals surface area contributed by atoms with Crippen LogP contribution < -0.4 is 4.18 Å². The number of amides is 1. The fourth-order valence-corrected chi connectivity index (χ4v) is 4.87. The first kappa shape index (κ1) is 27.8. The van der Waals surface area contributed by atoms with E-state index < -0.39 is 26.8 Å². The Labute approximate surface area is 217 Å². The average molecular weight is 560 g/mol. The zero-order valence-corrected chi connectivity index (χ0v) is 21.5. The number of hydrogen-bond acceptors (Lipinski definition) is 4. The first-order valence-electron chi connectivity index (χ1n) is 10.7. The molecular formula is C25H22Cl2F3NO4S. The first-order chi connectivity index (χ1) is 16.8. The van der Waals surface area contributed by atoms with Crippen LogP contribution in [-0.4, -0.2) is 25.8 Å². The SMILES string of the molecule is CC(C)CN(Cc1cccc(OS(=O)(=O)c2cccc(C(F)(F)F)c2)c1)C(=O)c1ccc(Cl)cc1Cl. The van der Waals surface area contributed by atoms with E-state index in [1.54, 1.807) is 17.0 Å². The summed E-state index contributed by atoms with van der Waals surface area (Å²) in [6.45, 7) is 4.36. The van der Waals surface area contributed by atoms with Gasteiger partial charge in [0.1, 0.15) is 10.6 Å². The molecule has 0 aromatic heterocycles. The van der Waals surface area contributed by atoms with E-state index in [1.165, 1.54) is 30.3 Å². The van der Waals surface area contributed by atoms with Gasteiger partial charge in [-0.1, -0.05) is 55.2 Å².